The smallest absolute Gasteiger partial charge is 0.357 e. The van der Waals surface area contributed by atoms with Crippen LogP contribution in [-0.4, -0.2) is 43.8 Å². The summed E-state index contributed by atoms with van der Waals surface area (Å²) in [4.78, 5) is 40.8. The first-order valence-corrected chi connectivity index (χ1v) is 13.9. The third kappa shape index (κ3) is 7.97. The van der Waals surface area contributed by atoms with Crippen LogP contribution in [0.2, 0.25) is 0 Å². The van der Waals surface area contributed by atoms with Crippen molar-refractivity contribution >= 4 is 27.8 Å². The Bertz CT molecular complexity index is 1340. The fourth-order valence-electron chi connectivity index (χ4n) is 3.58. The largest absolute Gasteiger partial charge is 0.458 e. The Morgan fingerprint density at radius 3 is 2.13 bits per heavy atom. The molecule has 10 heteroatoms. The van der Waals surface area contributed by atoms with Gasteiger partial charge < -0.3 is 10.1 Å². The number of ether oxygens (including phenoxy) is 1. The first kappa shape index (κ1) is 28.5. The lowest BCUT2D eigenvalue weighted by Crippen LogP contribution is -2.31. The highest BCUT2D eigenvalue weighted by atomic mass is 32.2. The topological polar surface area (TPSA) is 132 Å². The standard InChI is InChI=1S/C28H31N3O6S/c1-3-23(4-2)37-28(34)25-17-14-22(19-30-25)27(33)31-38(35,36)24-15-12-21(13-16-24)26(32)29-18-8-11-20-9-6-5-7-10-20/h5-7,9-10,12-17,19,23H,3-4,8,11,18H2,1-2H3,(H,29,32)(H,31,33). The van der Waals surface area contributed by atoms with Gasteiger partial charge in [-0.05, 0) is 67.6 Å². The highest BCUT2D eigenvalue weighted by Crippen LogP contribution is 2.13. The molecule has 2 N–H and O–H groups in total. The Balaban J connectivity index is 1.54. The van der Waals surface area contributed by atoms with Crippen LogP contribution in [-0.2, 0) is 21.2 Å². The van der Waals surface area contributed by atoms with Crippen molar-refractivity contribution in [1.29, 1.82) is 0 Å². The van der Waals surface area contributed by atoms with Gasteiger partial charge in [-0.15, -0.1) is 0 Å². The molecule has 1 heterocycles. The molecule has 0 aliphatic heterocycles. The number of aryl methyl sites for hydroxylation is 1. The van der Waals surface area contributed by atoms with E-state index in [9.17, 15) is 22.8 Å². The first-order valence-electron chi connectivity index (χ1n) is 12.4. The fourth-order valence-corrected chi connectivity index (χ4v) is 4.56. The van der Waals surface area contributed by atoms with Crippen molar-refractivity contribution in [3.05, 3.63) is 95.3 Å². The van der Waals surface area contributed by atoms with E-state index >= 15 is 0 Å². The van der Waals surface area contributed by atoms with Crippen LogP contribution in [0.3, 0.4) is 0 Å². The average molecular weight is 538 g/mol. The summed E-state index contributed by atoms with van der Waals surface area (Å²) >= 11 is 0. The van der Waals surface area contributed by atoms with Gasteiger partial charge in [-0.3, -0.25) is 9.59 Å². The van der Waals surface area contributed by atoms with Crippen LogP contribution in [0.25, 0.3) is 0 Å². The molecule has 38 heavy (non-hydrogen) atoms. The van der Waals surface area contributed by atoms with Gasteiger partial charge in [0, 0.05) is 18.3 Å². The molecule has 1 aromatic heterocycles. The Morgan fingerprint density at radius 2 is 1.53 bits per heavy atom. The number of aromatic nitrogens is 1. The van der Waals surface area contributed by atoms with E-state index in [0.29, 0.717) is 24.9 Å². The molecule has 0 bridgehead atoms. The van der Waals surface area contributed by atoms with Crippen LogP contribution in [0.15, 0.2) is 77.8 Å². The Hall–Kier alpha value is -4.05. The fraction of sp³-hybridized carbons (Fsp3) is 0.286. The Labute approximate surface area is 222 Å². The summed E-state index contributed by atoms with van der Waals surface area (Å²) in [5.74, 6) is -1.84. The van der Waals surface area contributed by atoms with Crippen molar-refractivity contribution in [3.8, 4) is 0 Å². The lowest BCUT2D eigenvalue weighted by molar-refractivity contribution is 0.0277. The highest BCUT2D eigenvalue weighted by Gasteiger charge is 2.21. The molecule has 0 atom stereocenters. The minimum absolute atomic E-state index is 0.0187. The zero-order valence-corrected chi connectivity index (χ0v) is 22.2. The molecule has 0 fully saturated rings. The normalized spacial score (nSPS) is 11.1. The summed E-state index contributed by atoms with van der Waals surface area (Å²) in [5.41, 5.74) is 1.46. The maximum Gasteiger partial charge on any atom is 0.357 e. The number of carbonyl (C=O) groups excluding carboxylic acids is 3. The Morgan fingerprint density at radius 1 is 0.868 bits per heavy atom. The van der Waals surface area contributed by atoms with Gasteiger partial charge in [-0.25, -0.2) is 22.9 Å². The minimum atomic E-state index is -4.20. The molecule has 0 radical (unpaired) electrons. The summed E-state index contributed by atoms with van der Waals surface area (Å²) in [6, 6.07) is 17.8. The van der Waals surface area contributed by atoms with E-state index in [1.165, 1.54) is 42.0 Å². The van der Waals surface area contributed by atoms with Crippen LogP contribution in [0.1, 0.15) is 69.9 Å². The number of nitrogens with zero attached hydrogens (tertiary/aromatic N) is 1. The molecule has 0 saturated heterocycles. The number of carbonyl (C=O) groups is 3. The van der Waals surface area contributed by atoms with E-state index in [1.807, 2.05) is 48.9 Å². The molecular formula is C28H31N3O6S. The molecule has 200 valence electrons. The predicted octanol–water partition coefficient (Wildman–Crippen LogP) is 3.91. The van der Waals surface area contributed by atoms with Crippen molar-refractivity contribution in [2.75, 3.05) is 6.54 Å². The van der Waals surface area contributed by atoms with E-state index in [2.05, 4.69) is 10.3 Å². The number of pyridine rings is 1. The van der Waals surface area contributed by atoms with Gasteiger partial charge in [0.25, 0.3) is 21.8 Å². The average Bonchev–Trinajstić information content (AvgIpc) is 2.94. The molecular weight excluding hydrogens is 506 g/mol. The third-order valence-electron chi connectivity index (χ3n) is 5.84. The zero-order valence-electron chi connectivity index (χ0n) is 21.3. The predicted molar refractivity (Wildman–Crippen MR) is 142 cm³/mol. The highest BCUT2D eigenvalue weighted by molar-refractivity contribution is 7.90. The number of hydrogen-bond acceptors (Lipinski definition) is 7. The molecule has 3 rings (SSSR count). The number of benzene rings is 2. The van der Waals surface area contributed by atoms with E-state index in [0.717, 1.165) is 19.0 Å². The monoisotopic (exact) mass is 537 g/mol. The SMILES string of the molecule is CCC(CC)OC(=O)c1ccc(C(=O)NS(=O)(=O)c2ccc(C(=O)NCCCc3ccccc3)cc2)cn1. The summed E-state index contributed by atoms with van der Waals surface area (Å²) in [6.07, 6.45) is 3.82. The summed E-state index contributed by atoms with van der Waals surface area (Å²) in [6.45, 7) is 4.28. The van der Waals surface area contributed by atoms with E-state index in [-0.39, 0.29) is 28.2 Å². The number of esters is 1. The third-order valence-corrected chi connectivity index (χ3v) is 7.19. The first-order chi connectivity index (χ1) is 18.2. The van der Waals surface area contributed by atoms with E-state index in [4.69, 9.17) is 4.74 Å². The Kier molecular flexibility index (Phi) is 10.1. The van der Waals surface area contributed by atoms with Gasteiger partial charge in [0.05, 0.1) is 10.5 Å². The number of amides is 2. The summed E-state index contributed by atoms with van der Waals surface area (Å²) in [7, 11) is -4.20. The van der Waals surface area contributed by atoms with Crippen molar-refractivity contribution < 1.29 is 27.5 Å². The maximum absolute atomic E-state index is 12.7. The van der Waals surface area contributed by atoms with Gasteiger partial charge in [0.1, 0.15) is 11.8 Å². The number of sulfonamides is 1. The lowest BCUT2D eigenvalue weighted by atomic mass is 10.1. The maximum atomic E-state index is 12.7. The van der Waals surface area contributed by atoms with Gasteiger partial charge in [-0.1, -0.05) is 44.2 Å². The van der Waals surface area contributed by atoms with Crippen LogP contribution >= 0.6 is 0 Å². The quantitative estimate of drug-likeness (QED) is 0.264. The summed E-state index contributed by atoms with van der Waals surface area (Å²) in [5, 5.41) is 2.81. The number of hydrogen-bond donors (Lipinski definition) is 2. The van der Waals surface area contributed by atoms with Crippen molar-refractivity contribution in [1.82, 2.24) is 15.0 Å². The molecule has 3 aromatic rings. The van der Waals surface area contributed by atoms with Crippen molar-refractivity contribution in [2.45, 2.75) is 50.5 Å². The van der Waals surface area contributed by atoms with Crippen LogP contribution < -0.4 is 10.0 Å². The van der Waals surface area contributed by atoms with Crippen LogP contribution in [0.5, 0.6) is 0 Å². The van der Waals surface area contributed by atoms with Crippen LogP contribution in [0, 0.1) is 0 Å². The summed E-state index contributed by atoms with van der Waals surface area (Å²) < 4.78 is 32.6. The van der Waals surface area contributed by atoms with Crippen molar-refractivity contribution in [2.24, 2.45) is 0 Å². The molecule has 0 unspecified atom stereocenters. The van der Waals surface area contributed by atoms with Gasteiger partial charge in [-0.2, -0.15) is 0 Å². The minimum Gasteiger partial charge on any atom is -0.458 e. The van der Waals surface area contributed by atoms with Gasteiger partial charge in [0.2, 0.25) is 0 Å². The second kappa shape index (κ2) is 13.5. The van der Waals surface area contributed by atoms with E-state index < -0.39 is 21.9 Å². The molecule has 0 spiro atoms. The van der Waals surface area contributed by atoms with Gasteiger partial charge >= 0.3 is 5.97 Å². The molecule has 0 saturated carbocycles. The van der Waals surface area contributed by atoms with Crippen LogP contribution in [0.4, 0.5) is 0 Å². The molecule has 0 aliphatic carbocycles. The zero-order chi connectivity index (χ0) is 27.5. The second-order valence-corrected chi connectivity index (χ2v) is 10.3. The lowest BCUT2D eigenvalue weighted by Gasteiger charge is -2.13. The second-order valence-electron chi connectivity index (χ2n) is 8.58. The molecule has 2 aromatic carbocycles. The molecule has 0 aliphatic rings. The molecule has 2 amide bonds. The van der Waals surface area contributed by atoms with E-state index in [1.54, 1.807) is 0 Å². The van der Waals surface area contributed by atoms with Gasteiger partial charge in [0.15, 0.2) is 0 Å². The molecule has 9 nitrogen and oxygen atoms in total. The number of rotatable bonds is 12. The number of nitrogens with one attached hydrogen (secondary N) is 2. The van der Waals surface area contributed by atoms with Crippen molar-refractivity contribution in [3.63, 3.8) is 0 Å².